The summed E-state index contributed by atoms with van der Waals surface area (Å²) in [6.45, 7) is 1.86. The van der Waals surface area contributed by atoms with Crippen LogP contribution in [0.15, 0.2) is 46.4 Å². The zero-order valence-corrected chi connectivity index (χ0v) is 23.0. The number of carbonyl (C=O) groups excluding carboxylic acids is 3. The van der Waals surface area contributed by atoms with Gasteiger partial charge in [-0.25, -0.2) is 5.53 Å². The number of rotatable bonds is 8. The molecule has 1 saturated carbocycles. The number of amides is 2. The minimum atomic E-state index is -4.59. The minimum absolute atomic E-state index is 0.0260. The Balaban J connectivity index is 1.45. The highest BCUT2D eigenvalue weighted by atomic mass is 35.5. The predicted molar refractivity (Wildman–Crippen MR) is 145 cm³/mol. The van der Waals surface area contributed by atoms with E-state index in [0.717, 1.165) is 17.8 Å². The van der Waals surface area contributed by atoms with E-state index >= 15 is 0 Å². The number of anilines is 1. The van der Waals surface area contributed by atoms with Crippen LogP contribution in [0.2, 0.25) is 5.02 Å². The summed E-state index contributed by atoms with van der Waals surface area (Å²) in [5.74, 6) is -0.911. The Kier molecular flexibility index (Phi) is 9.19. The highest BCUT2D eigenvalue weighted by molar-refractivity contribution is 8.18. The third-order valence-corrected chi connectivity index (χ3v) is 7.91. The molecule has 2 aromatic rings. The number of nitrogens with one attached hydrogen (secondary N) is 2. The Bertz CT molecular complexity index is 1360. The first-order valence-electron chi connectivity index (χ1n) is 12.6. The molecule has 2 amide bonds. The number of thioether (sulfide) groups is 1. The predicted octanol–water partition coefficient (Wildman–Crippen LogP) is 7.79. The average Bonchev–Trinajstić information content (AvgIpc) is 3.20. The van der Waals surface area contributed by atoms with E-state index in [-0.39, 0.29) is 50.9 Å². The summed E-state index contributed by atoms with van der Waals surface area (Å²) in [6.07, 6.45) is -0.964. The summed E-state index contributed by atoms with van der Waals surface area (Å²) in [5.41, 5.74) is 7.60. The van der Waals surface area contributed by atoms with Gasteiger partial charge in [0.25, 0.3) is 11.1 Å². The van der Waals surface area contributed by atoms with Gasteiger partial charge in [-0.2, -0.15) is 18.3 Å². The smallest absolute Gasteiger partial charge is 0.416 e. The van der Waals surface area contributed by atoms with Crippen LogP contribution in [0.25, 0.3) is 6.08 Å². The van der Waals surface area contributed by atoms with E-state index in [1.165, 1.54) is 29.2 Å². The first kappa shape index (κ1) is 29.6. The molecule has 1 saturated heterocycles. The van der Waals surface area contributed by atoms with Crippen molar-refractivity contribution < 1.29 is 32.3 Å². The topological polar surface area (TPSA) is 112 Å². The molecule has 0 radical (unpaired) electrons. The number of esters is 1. The Morgan fingerprint density at radius 3 is 2.58 bits per heavy atom. The molecular weight excluding hydrogens is 569 g/mol. The van der Waals surface area contributed by atoms with Crippen molar-refractivity contribution in [2.75, 3.05) is 11.9 Å². The van der Waals surface area contributed by atoms with Gasteiger partial charge >= 0.3 is 12.1 Å². The first-order chi connectivity index (χ1) is 19.0. The zero-order chi connectivity index (χ0) is 29.0. The Morgan fingerprint density at radius 1 is 1.20 bits per heavy atom. The van der Waals surface area contributed by atoms with Crippen LogP contribution in [0, 0.1) is 11.4 Å². The second-order valence-corrected chi connectivity index (χ2v) is 10.8. The first-order valence-corrected chi connectivity index (χ1v) is 13.8. The van der Waals surface area contributed by atoms with Crippen LogP contribution in [0.4, 0.5) is 29.3 Å². The van der Waals surface area contributed by atoms with E-state index in [4.69, 9.17) is 21.9 Å². The zero-order valence-electron chi connectivity index (χ0n) is 21.4. The van der Waals surface area contributed by atoms with Crippen LogP contribution >= 0.6 is 23.4 Å². The molecule has 13 heteroatoms. The number of imide groups is 1. The molecule has 4 rings (SSSR count). The van der Waals surface area contributed by atoms with Gasteiger partial charge < -0.3 is 10.1 Å². The van der Waals surface area contributed by atoms with Crippen LogP contribution in [-0.2, 0) is 27.0 Å². The molecule has 1 aliphatic heterocycles. The number of halogens is 4. The molecule has 40 heavy (non-hydrogen) atoms. The van der Waals surface area contributed by atoms with E-state index in [1.54, 1.807) is 19.1 Å². The molecule has 2 fully saturated rings. The molecule has 8 nitrogen and oxygen atoms in total. The van der Waals surface area contributed by atoms with Gasteiger partial charge in [-0.1, -0.05) is 23.7 Å². The third kappa shape index (κ3) is 6.67. The summed E-state index contributed by atoms with van der Waals surface area (Å²) in [5, 5.41) is 5.92. The van der Waals surface area contributed by atoms with E-state index in [2.05, 4.69) is 10.4 Å². The van der Waals surface area contributed by atoms with Crippen molar-refractivity contribution in [2.24, 2.45) is 11.0 Å². The van der Waals surface area contributed by atoms with Crippen LogP contribution in [0.1, 0.15) is 49.3 Å². The monoisotopic (exact) mass is 594 g/mol. The van der Waals surface area contributed by atoms with Crippen LogP contribution in [0.3, 0.4) is 0 Å². The summed E-state index contributed by atoms with van der Waals surface area (Å²) in [4.78, 5) is 39.3. The second kappa shape index (κ2) is 12.4. The highest BCUT2D eigenvalue weighted by Crippen LogP contribution is 2.39. The van der Waals surface area contributed by atoms with Gasteiger partial charge in [0.2, 0.25) is 0 Å². The van der Waals surface area contributed by atoms with Crippen molar-refractivity contribution in [3.05, 3.63) is 63.0 Å². The number of hydrogen-bond donors (Lipinski definition) is 2. The van der Waals surface area contributed by atoms with Gasteiger partial charge in [0, 0.05) is 17.6 Å². The normalized spacial score (nSPS) is 20.6. The van der Waals surface area contributed by atoms with E-state index in [9.17, 15) is 27.6 Å². The Hall–Kier alpha value is -3.38. The fourth-order valence-corrected chi connectivity index (χ4v) is 5.88. The molecule has 0 spiro atoms. The Morgan fingerprint density at radius 2 is 1.93 bits per heavy atom. The average molecular weight is 595 g/mol. The molecule has 2 aromatic carbocycles. The van der Waals surface area contributed by atoms with Gasteiger partial charge in [0.05, 0.1) is 28.7 Å². The van der Waals surface area contributed by atoms with Gasteiger partial charge in [0.1, 0.15) is 5.69 Å². The molecule has 2 aliphatic rings. The van der Waals surface area contributed by atoms with Crippen molar-refractivity contribution in [1.82, 2.24) is 4.90 Å². The number of benzene rings is 2. The second-order valence-electron chi connectivity index (χ2n) is 9.35. The quantitative estimate of drug-likeness (QED) is 0.183. The maximum atomic E-state index is 13.4. The summed E-state index contributed by atoms with van der Waals surface area (Å²) >= 11 is 6.55. The van der Waals surface area contributed by atoms with E-state index in [0.29, 0.717) is 43.5 Å². The molecule has 0 aromatic heterocycles. The molecule has 0 unspecified atom stereocenters. The van der Waals surface area contributed by atoms with Crippen molar-refractivity contribution in [2.45, 2.75) is 51.4 Å². The minimum Gasteiger partial charge on any atom is -0.466 e. The third-order valence-electron chi connectivity index (χ3n) is 6.79. The summed E-state index contributed by atoms with van der Waals surface area (Å²) < 4.78 is 45.3. The highest BCUT2D eigenvalue weighted by Gasteiger charge is 2.42. The fraction of sp³-hybridized carbons (Fsp3) is 0.370. The number of nitrogens with zero attached hydrogens (tertiary/aromatic N) is 2. The molecule has 2 N–H and O–H groups in total. The molecule has 0 atom stereocenters. The Labute approximate surface area is 237 Å². The van der Waals surface area contributed by atoms with Gasteiger partial charge in [-0.3, -0.25) is 19.3 Å². The fourth-order valence-electron chi connectivity index (χ4n) is 4.81. The lowest BCUT2D eigenvalue weighted by atomic mass is 9.85. The number of alkyl halides is 3. The SMILES string of the molecule is CCOC(=O)C1CCC(N2C(=O)SC(=Cc3ccc(NCc4ccc(Cl)cc4C(F)(F)F)c(N=N)c3)C2=O)CC1. The molecule has 0 bridgehead atoms. The van der Waals surface area contributed by atoms with Crippen molar-refractivity contribution in [3.8, 4) is 0 Å². The lowest BCUT2D eigenvalue weighted by Gasteiger charge is -2.31. The maximum Gasteiger partial charge on any atom is 0.416 e. The molecule has 1 aliphatic carbocycles. The van der Waals surface area contributed by atoms with Crippen LogP contribution < -0.4 is 5.32 Å². The van der Waals surface area contributed by atoms with Gasteiger partial charge in [0.15, 0.2) is 0 Å². The van der Waals surface area contributed by atoms with Crippen molar-refractivity contribution in [3.63, 3.8) is 0 Å². The lowest BCUT2D eigenvalue weighted by molar-refractivity contribution is -0.149. The standard InChI is InChI=1S/C27H26ClF3N4O4S/c1-2-39-25(37)16-5-8-19(9-6-16)35-24(36)23(40-26(35)38)12-15-3-10-21(22(11-15)34-32)33-14-17-4-7-18(28)13-20(17)27(29,30)31/h3-4,7,10-13,16,19,32-33H,2,5-6,8-9,14H2,1H3. The van der Waals surface area contributed by atoms with E-state index in [1.807, 2.05) is 0 Å². The van der Waals surface area contributed by atoms with Gasteiger partial charge in [-0.15, -0.1) is 0 Å². The summed E-state index contributed by atoms with van der Waals surface area (Å²) in [6, 6.07) is 7.86. The van der Waals surface area contributed by atoms with Crippen LogP contribution in [0.5, 0.6) is 0 Å². The van der Waals surface area contributed by atoms with Gasteiger partial charge in [-0.05, 0) is 85.8 Å². The molecule has 1 heterocycles. The lowest BCUT2D eigenvalue weighted by Crippen LogP contribution is -2.42. The number of carbonyl (C=O) groups is 3. The largest absolute Gasteiger partial charge is 0.466 e. The maximum absolute atomic E-state index is 13.4. The van der Waals surface area contributed by atoms with Crippen LogP contribution in [-0.4, -0.2) is 34.7 Å². The molecular formula is C27H26ClF3N4O4S. The summed E-state index contributed by atoms with van der Waals surface area (Å²) in [7, 11) is 0. The van der Waals surface area contributed by atoms with E-state index < -0.39 is 17.6 Å². The number of hydrogen-bond acceptors (Lipinski definition) is 8. The number of ether oxygens (including phenoxy) is 1. The van der Waals surface area contributed by atoms with Crippen molar-refractivity contribution in [1.29, 1.82) is 5.53 Å². The molecule has 212 valence electrons. The van der Waals surface area contributed by atoms with Crippen molar-refractivity contribution >= 4 is 57.9 Å².